The summed E-state index contributed by atoms with van der Waals surface area (Å²) in [7, 11) is 1.79. The van der Waals surface area contributed by atoms with Gasteiger partial charge in [-0.25, -0.2) is 4.79 Å². The van der Waals surface area contributed by atoms with E-state index in [2.05, 4.69) is 10.6 Å². The number of rotatable bonds is 5. The van der Waals surface area contributed by atoms with Gasteiger partial charge in [-0.2, -0.15) is 0 Å². The van der Waals surface area contributed by atoms with Crippen molar-refractivity contribution in [3.63, 3.8) is 0 Å². The van der Waals surface area contributed by atoms with Crippen molar-refractivity contribution >= 4 is 35.1 Å². The van der Waals surface area contributed by atoms with Gasteiger partial charge in [0, 0.05) is 22.6 Å². The number of hydrogen-bond acceptors (Lipinski definition) is 3. The standard InChI is InChI=1S/C16H21Cl2N3O2/c1-21(9-11-6-7-12(17)8-14(11)18)10-15(22)20-16(23)19-13-4-2-3-5-13/h6-8,13H,2-5,9-10H2,1H3,(H2,19,20,22,23). The first-order valence-electron chi connectivity index (χ1n) is 7.67. The molecule has 0 spiro atoms. The highest BCUT2D eigenvalue weighted by Crippen LogP contribution is 2.21. The Kier molecular flexibility index (Phi) is 6.69. The normalized spacial score (nSPS) is 15.0. The number of hydrogen-bond donors (Lipinski definition) is 2. The molecule has 0 bridgehead atoms. The first-order chi connectivity index (χ1) is 10.9. The highest BCUT2D eigenvalue weighted by Gasteiger charge is 2.18. The molecule has 0 radical (unpaired) electrons. The number of carbonyl (C=O) groups excluding carboxylic acids is 2. The third-order valence-corrected chi connectivity index (χ3v) is 4.40. The third-order valence-electron chi connectivity index (χ3n) is 3.81. The van der Waals surface area contributed by atoms with Crippen molar-refractivity contribution in [3.05, 3.63) is 33.8 Å². The lowest BCUT2D eigenvalue weighted by atomic mass is 10.2. The topological polar surface area (TPSA) is 61.4 Å². The highest BCUT2D eigenvalue weighted by atomic mass is 35.5. The Labute approximate surface area is 146 Å². The summed E-state index contributed by atoms with van der Waals surface area (Å²) < 4.78 is 0. The van der Waals surface area contributed by atoms with Crippen molar-refractivity contribution in [1.82, 2.24) is 15.5 Å². The Morgan fingerprint density at radius 1 is 1.26 bits per heavy atom. The molecule has 1 aromatic carbocycles. The number of nitrogens with zero attached hydrogens (tertiary/aromatic N) is 1. The lowest BCUT2D eigenvalue weighted by molar-refractivity contribution is -0.121. The maximum Gasteiger partial charge on any atom is 0.321 e. The van der Waals surface area contributed by atoms with Gasteiger partial charge in [-0.15, -0.1) is 0 Å². The van der Waals surface area contributed by atoms with Crippen molar-refractivity contribution in [2.75, 3.05) is 13.6 Å². The molecule has 1 aliphatic carbocycles. The van der Waals surface area contributed by atoms with Gasteiger partial charge in [0.1, 0.15) is 0 Å². The number of carbonyl (C=O) groups is 2. The van der Waals surface area contributed by atoms with Gasteiger partial charge in [0.25, 0.3) is 0 Å². The number of halogens is 2. The van der Waals surface area contributed by atoms with Crippen LogP contribution < -0.4 is 10.6 Å². The first-order valence-corrected chi connectivity index (χ1v) is 8.42. The molecule has 126 valence electrons. The molecule has 1 aliphatic rings. The van der Waals surface area contributed by atoms with Gasteiger partial charge in [-0.1, -0.05) is 42.1 Å². The third kappa shape index (κ3) is 6.01. The number of amides is 3. The molecular formula is C16H21Cl2N3O2. The van der Waals surface area contributed by atoms with Gasteiger partial charge in [0.05, 0.1) is 6.54 Å². The second kappa shape index (κ2) is 8.52. The summed E-state index contributed by atoms with van der Waals surface area (Å²) in [6, 6.07) is 5.02. The van der Waals surface area contributed by atoms with E-state index in [0.717, 1.165) is 31.2 Å². The van der Waals surface area contributed by atoms with Gasteiger partial charge in [0.2, 0.25) is 5.91 Å². The van der Waals surface area contributed by atoms with E-state index < -0.39 is 6.03 Å². The van der Waals surface area contributed by atoms with E-state index in [9.17, 15) is 9.59 Å². The van der Waals surface area contributed by atoms with Crippen molar-refractivity contribution in [2.24, 2.45) is 0 Å². The lowest BCUT2D eigenvalue weighted by Crippen LogP contribution is -2.46. The molecule has 0 aromatic heterocycles. The zero-order chi connectivity index (χ0) is 16.8. The van der Waals surface area contributed by atoms with Crippen LogP contribution in [0.25, 0.3) is 0 Å². The molecule has 2 N–H and O–H groups in total. The number of urea groups is 1. The monoisotopic (exact) mass is 357 g/mol. The Morgan fingerprint density at radius 2 is 1.96 bits per heavy atom. The molecule has 23 heavy (non-hydrogen) atoms. The summed E-state index contributed by atoms with van der Waals surface area (Å²) in [4.78, 5) is 25.4. The summed E-state index contributed by atoms with van der Waals surface area (Å²) in [5.74, 6) is -0.340. The van der Waals surface area contributed by atoms with Gasteiger partial charge < -0.3 is 5.32 Å². The van der Waals surface area contributed by atoms with Gasteiger partial charge in [-0.05, 0) is 37.6 Å². The van der Waals surface area contributed by atoms with Crippen molar-refractivity contribution in [2.45, 2.75) is 38.3 Å². The fraction of sp³-hybridized carbons (Fsp3) is 0.500. The van der Waals surface area contributed by atoms with Gasteiger partial charge >= 0.3 is 6.03 Å². The van der Waals surface area contributed by atoms with Crippen molar-refractivity contribution in [3.8, 4) is 0 Å². The Hall–Kier alpha value is -1.30. The lowest BCUT2D eigenvalue weighted by Gasteiger charge is -2.18. The van der Waals surface area contributed by atoms with Crippen LogP contribution in [0.5, 0.6) is 0 Å². The Bertz CT molecular complexity index is 574. The van der Waals surface area contributed by atoms with E-state index in [1.54, 1.807) is 24.1 Å². The fourth-order valence-electron chi connectivity index (χ4n) is 2.70. The smallest absolute Gasteiger partial charge is 0.321 e. The zero-order valence-corrected chi connectivity index (χ0v) is 14.6. The zero-order valence-electron chi connectivity index (χ0n) is 13.1. The molecule has 1 saturated carbocycles. The number of imide groups is 1. The van der Waals surface area contributed by atoms with Crippen LogP contribution in [0.4, 0.5) is 4.79 Å². The van der Waals surface area contributed by atoms with E-state index >= 15 is 0 Å². The summed E-state index contributed by atoms with van der Waals surface area (Å²) in [5.41, 5.74) is 0.877. The highest BCUT2D eigenvalue weighted by molar-refractivity contribution is 6.35. The fourth-order valence-corrected chi connectivity index (χ4v) is 3.17. The van der Waals surface area contributed by atoms with Crippen molar-refractivity contribution < 1.29 is 9.59 Å². The minimum atomic E-state index is -0.417. The van der Waals surface area contributed by atoms with E-state index in [4.69, 9.17) is 23.2 Å². The summed E-state index contributed by atoms with van der Waals surface area (Å²) in [5, 5.41) is 6.32. The van der Waals surface area contributed by atoms with E-state index in [1.807, 2.05) is 6.07 Å². The largest absolute Gasteiger partial charge is 0.335 e. The van der Waals surface area contributed by atoms with Crippen LogP contribution in [0.15, 0.2) is 18.2 Å². The van der Waals surface area contributed by atoms with Crippen LogP contribution in [0.3, 0.4) is 0 Å². The SMILES string of the molecule is CN(CC(=O)NC(=O)NC1CCCC1)Cc1ccc(Cl)cc1Cl. The van der Waals surface area contributed by atoms with Crippen molar-refractivity contribution in [1.29, 1.82) is 0 Å². The second-order valence-corrected chi connectivity index (χ2v) is 6.75. The van der Waals surface area contributed by atoms with Crippen LogP contribution in [0.2, 0.25) is 10.0 Å². The van der Waals surface area contributed by atoms with E-state index in [-0.39, 0.29) is 18.5 Å². The van der Waals surface area contributed by atoms with Crippen LogP contribution >= 0.6 is 23.2 Å². The maximum absolute atomic E-state index is 11.9. The predicted octanol–water partition coefficient (Wildman–Crippen LogP) is 3.19. The minimum absolute atomic E-state index is 0.108. The molecule has 1 fully saturated rings. The number of nitrogens with one attached hydrogen (secondary N) is 2. The molecule has 0 atom stereocenters. The van der Waals surface area contributed by atoms with Crippen LogP contribution in [-0.2, 0) is 11.3 Å². The summed E-state index contributed by atoms with van der Waals surface area (Å²) >= 11 is 12.0. The molecule has 0 saturated heterocycles. The summed E-state index contributed by atoms with van der Waals surface area (Å²) in [6.07, 6.45) is 4.22. The molecule has 2 rings (SSSR count). The molecule has 5 nitrogen and oxygen atoms in total. The van der Waals surface area contributed by atoms with Gasteiger partial charge in [-0.3, -0.25) is 15.0 Å². The van der Waals surface area contributed by atoms with Crippen LogP contribution in [0.1, 0.15) is 31.2 Å². The average molecular weight is 358 g/mol. The average Bonchev–Trinajstić information content (AvgIpc) is 2.94. The minimum Gasteiger partial charge on any atom is -0.335 e. The molecule has 3 amide bonds. The Morgan fingerprint density at radius 3 is 2.61 bits per heavy atom. The van der Waals surface area contributed by atoms with Gasteiger partial charge in [0.15, 0.2) is 0 Å². The molecular weight excluding hydrogens is 337 g/mol. The predicted molar refractivity (Wildman–Crippen MR) is 91.7 cm³/mol. The maximum atomic E-state index is 11.9. The summed E-state index contributed by atoms with van der Waals surface area (Å²) in [6.45, 7) is 0.602. The molecule has 7 heteroatoms. The number of benzene rings is 1. The molecule has 1 aromatic rings. The van der Waals surface area contributed by atoms with E-state index in [1.165, 1.54) is 0 Å². The first kappa shape index (κ1) is 18.0. The molecule has 0 unspecified atom stereocenters. The second-order valence-electron chi connectivity index (χ2n) is 5.91. The quantitative estimate of drug-likeness (QED) is 0.850. The van der Waals surface area contributed by atoms with Crippen LogP contribution in [0, 0.1) is 0 Å². The van der Waals surface area contributed by atoms with E-state index in [0.29, 0.717) is 16.6 Å². The molecule has 0 aliphatic heterocycles. The number of likely N-dealkylation sites (N-methyl/N-ethyl adjacent to an activating group) is 1. The van der Waals surface area contributed by atoms with Crippen LogP contribution in [-0.4, -0.2) is 36.5 Å². The Balaban J connectivity index is 1.76. The molecule has 0 heterocycles.